The number of ether oxygens (including phenoxy) is 2. The van der Waals surface area contributed by atoms with Crippen LogP contribution in [0.2, 0.25) is 0 Å². The van der Waals surface area contributed by atoms with E-state index in [1.807, 2.05) is 52.9 Å². The summed E-state index contributed by atoms with van der Waals surface area (Å²) in [6, 6.07) is 13.0. The van der Waals surface area contributed by atoms with Gasteiger partial charge in [-0.15, -0.1) is 0 Å². The number of phenolic OH excluding ortho intramolecular Hbond substituents is 1. The average molecular weight is 510 g/mol. The molecule has 0 aliphatic carbocycles. The van der Waals surface area contributed by atoms with Crippen molar-refractivity contribution in [2.24, 2.45) is 4.99 Å². The molecule has 1 aliphatic heterocycles. The van der Waals surface area contributed by atoms with Crippen molar-refractivity contribution in [3.8, 4) is 11.5 Å². The number of methoxy groups -OCH3 is 2. The molecule has 0 saturated carbocycles. The first kappa shape index (κ1) is 20.7. The van der Waals surface area contributed by atoms with Crippen LogP contribution in [0.3, 0.4) is 0 Å². The van der Waals surface area contributed by atoms with E-state index in [1.54, 1.807) is 30.2 Å². The summed E-state index contributed by atoms with van der Waals surface area (Å²) in [6.07, 6.45) is 1.78. The Morgan fingerprint density at radius 3 is 2.68 bits per heavy atom. The van der Waals surface area contributed by atoms with E-state index in [-0.39, 0.29) is 11.7 Å². The highest BCUT2D eigenvalue weighted by molar-refractivity contribution is 14.1. The molecule has 8 heteroatoms. The molecular weight excluding hydrogens is 491 g/mol. The largest absolute Gasteiger partial charge is 0.504 e. The number of amides is 1. The Morgan fingerprint density at radius 2 is 2.00 bits per heavy atom. The molecule has 2 aromatic rings. The standard InChI is InChI=1S/C20H19IN2O4S/c1-26-9-8-23-19(25)17(28-20(23)22-14-6-4-3-5-7-14)12-13-10-15(21)18(24)16(11-13)27-2/h3-7,10-12,24H,8-9H2,1-2H3. The number of hydrogen-bond donors (Lipinski definition) is 1. The smallest absolute Gasteiger partial charge is 0.266 e. The van der Waals surface area contributed by atoms with Crippen molar-refractivity contribution in [2.75, 3.05) is 27.4 Å². The van der Waals surface area contributed by atoms with E-state index in [2.05, 4.69) is 4.99 Å². The summed E-state index contributed by atoms with van der Waals surface area (Å²) in [6.45, 7) is 0.833. The lowest BCUT2D eigenvalue weighted by atomic mass is 10.2. The minimum atomic E-state index is -0.126. The third kappa shape index (κ3) is 4.68. The zero-order valence-electron chi connectivity index (χ0n) is 15.4. The van der Waals surface area contributed by atoms with Gasteiger partial charge in [-0.3, -0.25) is 9.69 Å². The molecule has 2 aromatic carbocycles. The van der Waals surface area contributed by atoms with Crippen molar-refractivity contribution in [3.05, 3.63) is 56.5 Å². The summed E-state index contributed by atoms with van der Waals surface area (Å²) in [7, 11) is 3.09. The maximum Gasteiger partial charge on any atom is 0.266 e. The number of nitrogens with zero attached hydrogens (tertiary/aromatic N) is 2. The normalized spacial score (nSPS) is 17.0. The van der Waals surface area contributed by atoms with Crippen LogP contribution in [0.4, 0.5) is 5.69 Å². The summed E-state index contributed by atoms with van der Waals surface area (Å²) < 4.78 is 11.0. The van der Waals surface area contributed by atoms with Crippen LogP contribution in [0, 0.1) is 3.57 Å². The van der Waals surface area contributed by atoms with Gasteiger partial charge in [-0.25, -0.2) is 4.99 Å². The number of carbonyl (C=O) groups excluding carboxylic acids is 1. The molecule has 1 saturated heterocycles. The predicted molar refractivity (Wildman–Crippen MR) is 120 cm³/mol. The van der Waals surface area contributed by atoms with Crippen LogP contribution < -0.4 is 4.74 Å². The first-order valence-corrected chi connectivity index (χ1v) is 10.3. The zero-order valence-corrected chi connectivity index (χ0v) is 18.4. The highest BCUT2D eigenvalue weighted by Gasteiger charge is 2.33. The van der Waals surface area contributed by atoms with Gasteiger partial charge in [0, 0.05) is 7.11 Å². The molecule has 0 atom stereocenters. The topological polar surface area (TPSA) is 71.4 Å². The van der Waals surface area contributed by atoms with Gasteiger partial charge in [0.25, 0.3) is 5.91 Å². The first-order valence-electron chi connectivity index (χ1n) is 8.44. The molecule has 0 radical (unpaired) electrons. The molecular formula is C20H19IN2O4S. The van der Waals surface area contributed by atoms with Crippen LogP contribution >= 0.6 is 34.4 Å². The monoisotopic (exact) mass is 510 g/mol. The third-order valence-electron chi connectivity index (χ3n) is 3.96. The van der Waals surface area contributed by atoms with Crippen LogP contribution in [0.1, 0.15) is 5.56 Å². The summed E-state index contributed by atoms with van der Waals surface area (Å²) in [5.41, 5.74) is 1.55. The Balaban J connectivity index is 1.96. The highest BCUT2D eigenvalue weighted by Crippen LogP contribution is 2.37. The number of halogens is 1. The van der Waals surface area contributed by atoms with Crippen molar-refractivity contribution in [1.82, 2.24) is 4.90 Å². The van der Waals surface area contributed by atoms with E-state index in [4.69, 9.17) is 9.47 Å². The Morgan fingerprint density at radius 1 is 1.25 bits per heavy atom. The van der Waals surface area contributed by atoms with Crippen LogP contribution in [-0.2, 0) is 9.53 Å². The number of aromatic hydroxyl groups is 1. The summed E-state index contributed by atoms with van der Waals surface area (Å²) in [5.74, 6) is 0.325. The molecule has 1 aliphatic rings. The Hall–Kier alpha value is -2.04. The molecule has 3 rings (SSSR count). The van der Waals surface area contributed by atoms with Crippen molar-refractivity contribution < 1.29 is 19.4 Å². The lowest BCUT2D eigenvalue weighted by Crippen LogP contribution is -2.32. The zero-order chi connectivity index (χ0) is 20.1. The van der Waals surface area contributed by atoms with E-state index < -0.39 is 0 Å². The number of thioether (sulfide) groups is 1. The molecule has 1 fully saturated rings. The fourth-order valence-electron chi connectivity index (χ4n) is 2.57. The number of phenols is 1. The summed E-state index contributed by atoms with van der Waals surface area (Å²) in [5, 5.41) is 10.6. The second-order valence-corrected chi connectivity index (χ2v) is 8.02. The molecule has 0 bridgehead atoms. The maximum absolute atomic E-state index is 12.9. The van der Waals surface area contributed by atoms with E-state index >= 15 is 0 Å². The Bertz CT molecular complexity index is 931. The van der Waals surface area contributed by atoms with Crippen molar-refractivity contribution in [3.63, 3.8) is 0 Å². The maximum atomic E-state index is 12.9. The van der Waals surface area contributed by atoms with Crippen LogP contribution in [0.5, 0.6) is 11.5 Å². The van der Waals surface area contributed by atoms with Gasteiger partial charge in [0.15, 0.2) is 16.7 Å². The van der Waals surface area contributed by atoms with Crippen molar-refractivity contribution in [1.29, 1.82) is 0 Å². The molecule has 0 aromatic heterocycles. The van der Waals surface area contributed by atoms with E-state index in [9.17, 15) is 9.90 Å². The number of aliphatic imine (C=N–C) groups is 1. The van der Waals surface area contributed by atoms with Gasteiger partial charge < -0.3 is 14.6 Å². The van der Waals surface area contributed by atoms with E-state index in [0.717, 1.165) is 11.3 Å². The predicted octanol–water partition coefficient (Wildman–Crippen LogP) is 4.26. The van der Waals surface area contributed by atoms with Gasteiger partial charge in [0.05, 0.1) is 34.4 Å². The van der Waals surface area contributed by atoms with Gasteiger partial charge in [-0.2, -0.15) is 0 Å². The molecule has 1 amide bonds. The molecule has 6 nitrogen and oxygen atoms in total. The van der Waals surface area contributed by atoms with Crippen LogP contribution in [-0.4, -0.2) is 48.5 Å². The van der Waals surface area contributed by atoms with E-state index in [0.29, 0.717) is 32.5 Å². The highest BCUT2D eigenvalue weighted by atomic mass is 127. The molecule has 1 heterocycles. The van der Waals surface area contributed by atoms with Gasteiger partial charge in [-0.05, 0) is 70.3 Å². The molecule has 0 spiro atoms. The number of benzene rings is 2. The number of carbonyl (C=O) groups is 1. The number of rotatable bonds is 6. The lowest BCUT2D eigenvalue weighted by Gasteiger charge is -2.14. The fraction of sp³-hybridized carbons (Fsp3) is 0.200. The van der Waals surface area contributed by atoms with Crippen LogP contribution in [0.15, 0.2) is 52.4 Å². The SMILES string of the molecule is COCCN1C(=O)C(=Cc2cc(I)c(O)c(OC)c2)SC1=Nc1ccccc1. The fourth-order valence-corrected chi connectivity index (χ4v) is 4.22. The Labute approximate surface area is 181 Å². The van der Waals surface area contributed by atoms with Gasteiger partial charge in [0.1, 0.15) is 0 Å². The molecule has 0 unspecified atom stereocenters. The van der Waals surface area contributed by atoms with Gasteiger partial charge in [-0.1, -0.05) is 18.2 Å². The lowest BCUT2D eigenvalue weighted by molar-refractivity contribution is -0.122. The van der Waals surface area contributed by atoms with Crippen LogP contribution in [0.25, 0.3) is 6.08 Å². The molecule has 1 N–H and O–H groups in total. The number of para-hydroxylation sites is 1. The number of amidine groups is 1. The van der Waals surface area contributed by atoms with E-state index in [1.165, 1.54) is 18.9 Å². The molecule has 28 heavy (non-hydrogen) atoms. The second kappa shape index (κ2) is 9.44. The summed E-state index contributed by atoms with van der Waals surface area (Å²) >= 11 is 3.35. The average Bonchev–Trinajstić information content (AvgIpc) is 2.98. The van der Waals surface area contributed by atoms with Crippen molar-refractivity contribution >= 4 is 57.2 Å². The minimum Gasteiger partial charge on any atom is -0.504 e. The number of hydrogen-bond acceptors (Lipinski definition) is 6. The first-order chi connectivity index (χ1) is 13.5. The van der Waals surface area contributed by atoms with Gasteiger partial charge >= 0.3 is 0 Å². The quantitative estimate of drug-likeness (QED) is 0.465. The third-order valence-corrected chi connectivity index (χ3v) is 5.79. The summed E-state index contributed by atoms with van der Waals surface area (Å²) in [4.78, 5) is 19.7. The minimum absolute atomic E-state index is 0.0868. The second-order valence-electron chi connectivity index (χ2n) is 5.84. The van der Waals surface area contributed by atoms with Crippen molar-refractivity contribution in [2.45, 2.75) is 0 Å². The molecule has 146 valence electrons. The Kier molecular flexibility index (Phi) is 6.97. The van der Waals surface area contributed by atoms with Gasteiger partial charge in [0.2, 0.25) is 0 Å².